The highest BCUT2D eigenvalue weighted by Gasteiger charge is 2.09. The van der Waals surface area contributed by atoms with Crippen LogP contribution in [-0.2, 0) is 7.05 Å². The first kappa shape index (κ1) is 7.28. The predicted octanol–water partition coefficient (Wildman–Crippen LogP) is 1.28. The van der Waals surface area contributed by atoms with Gasteiger partial charge < -0.3 is 0 Å². The molecule has 54 valence electrons. The lowest BCUT2D eigenvalue weighted by atomic mass is 10.3. The van der Waals surface area contributed by atoms with Crippen molar-refractivity contribution in [2.24, 2.45) is 7.05 Å². The van der Waals surface area contributed by atoms with Crippen molar-refractivity contribution in [3.05, 3.63) is 16.9 Å². The monoisotopic (exact) mass is 158 g/mol. The van der Waals surface area contributed by atoms with Gasteiger partial charge in [0.25, 0.3) is 0 Å². The van der Waals surface area contributed by atoms with E-state index >= 15 is 0 Å². The van der Waals surface area contributed by atoms with Crippen molar-refractivity contribution in [3.63, 3.8) is 0 Å². The molecule has 0 saturated heterocycles. The standard InChI is InChI=1S/C6H7ClN2O/c1-4(10)6-5(7)3-8-9(6)2/h3H,1-2H3. The van der Waals surface area contributed by atoms with Gasteiger partial charge in [-0.05, 0) is 0 Å². The van der Waals surface area contributed by atoms with Crippen LogP contribution in [0.2, 0.25) is 5.02 Å². The van der Waals surface area contributed by atoms with Gasteiger partial charge in [-0.2, -0.15) is 5.10 Å². The molecule has 1 rings (SSSR count). The van der Waals surface area contributed by atoms with E-state index in [1.54, 1.807) is 7.05 Å². The summed E-state index contributed by atoms with van der Waals surface area (Å²) in [6.45, 7) is 1.46. The van der Waals surface area contributed by atoms with E-state index in [9.17, 15) is 4.79 Å². The molecule has 0 saturated carbocycles. The van der Waals surface area contributed by atoms with E-state index in [0.29, 0.717) is 10.7 Å². The molecule has 0 N–H and O–H groups in total. The Morgan fingerprint density at radius 1 is 1.80 bits per heavy atom. The summed E-state index contributed by atoms with van der Waals surface area (Å²) in [6, 6.07) is 0. The quantitative estimate of drug-likeness (QED) is 0.577. The maximum Gasteiger partial charge on any atom is 0.179 e. The number of hydrogen-bond acceptors (Lipinski definition) is 2. The molecule has 0 aliphatic rings. The molecule has 0 fully saturated rings. The summed E-state index contributed by atoms with van der Waals surface area (Å²) in [5, 5.41) is 4.21. The molecule has 0 unspecified atom stereocenters. The Bertz CT molecular complexity index is 247. The average Bonchev–Trinajstić information content (AvgIpc) is 2.11. The Morgan fingerprint density at radius 2 is 2.40 bits per heavy atom. The minimum absolute atomic E-state index is 0.0648. The van der Waals surface area contributed by atoms with E-state index in [0.717, 1.165) is 0 Å². The Kier molecular flexibility index (Phi) is 1.76. The van der Waals surface area contributed by atoms with Crippen LogP contribution in [-0.4, -0.2) is 15.6 Å². The zero-order valence-corrected chi connectivity index (χ0v) is 6.51. The van der Waals surface area contributed by atoms with Crippen LogP contribution in [0.5, 0.6) is 0 Å². The van der Waals surface area contributed by atoms with E-state index in [1.165, 1.54) is 17.8 Å². The maximum atomic E-state index is 10.8. The Balaban J connectivity index is 3.23. The number of hydrogen-bond donors (Lipinski definition) is 0. The second-order valence-electron chi connectivity index (χ2n) is 2.02. The highest BCUT2D eigenvalue weighted by atomic mass is 35.5. The molecule has 1 aromatic heterocycles. The van der Waals surface area contributed by atoms with Gasteiger partial charge in [0.2, 0.25) is 0 Å². The van der Waals surface area contributed by atoms with Gasteiger partial charge in [0.1, 0.15) is 5.69 Å². The fourth-order valence-corrected chi connectivity index (χ4v) is 1.11. The van der Waals surface area contributed by atoms with Gasteiger partial charge in [-0.1, -0.05) is 11.6 Å². The summed E-state index contributed by atoms with van der Waals surface area (Å²) in [5.74, 6) is -0.0648. The van der Waals surface area contributed by atoms with Crippen LogP contribution in [0.3, 0.4) is 0 Å². The molecule has 0 aliphatic carbocycles. The van der Waals surface area contributed by atoms with E-state index in [1.807, 2.05) is 0 Å². The first-order valence-electron chi connectivity index (χ1n) is 2.81. The normalized spacial score (nSPS) is 9.90. The van der Waals surface area contributed by atoms with Gasteiger partial charge in [-0.15, -0.1) is 0 Å². The van der Waals surface area contributed by atoms with Gasteiger partial charge in [-0.3, -0.25) is 9.48 Å². The Hall–Kier alpha value is -0.830. The van der Waals surface area contributed by atoms with Crippen molar-refractivity contribution in [2.45, 2.75) is 6.92 Å². The minimum Gasteiger partial charge on any atom is -0.293 e. The number of nitrogens with zero attached hydrogens (tertiary/aromatic N) is 2. The second-order valence-corrected chi connectivity index (χ2v) is 2.43. The van der Waals surface area contributed by atoms with Crippen LogP contribution in [0.25, 0.3) is 0 Å². The van der Waals surface area contributed by atoms with Crippen molar-refractivity contribution >= 4 is 17.4 Å². The SMILES string of the molecule is CC(=O)c1c(Cl)cnn1C. The number of carbonyl (C=O) groups is 1. The van der Waals surface area contributed by atoms with Gasteiger partial charge >= 0.3 is 0 Å². The van der Waals surface area contributed by atoms with Crippen LogP contribution in [0.15, 0.2) is 6.20 Å². The van der Waals surface area contributed by atoms with E-state index in [2.05, 4.69) is 5.10 Å². The summed E-state index contributed by atoms with van der Waals surface area (Å²) < 4.78 is 1.46. The number of aryl methyl sites for hydroxylation is 1. The molecule has 0 bridgehead atoms. The third-order valence-corrected chi connectivity index (χ3v) is 1.50. The largest absolute Gasteiger partial charge is 0.293 e. The molecule has 1 aromatic rings. The third kappa shape index (κ3) is 1.04. The van der Waals surface area contributed by atoms with E-state index in [-0.39, 0.29) is 5.78 Å². The highest BCUT2D eigenvalue weighted by Crippen LogP contribution is 2.13. The van der Waals surface area contributed by atoms with Crippen LogP contribution >= 0.6 is 11.6 Å². The number of ketones is 1. The van der Waals surface area contributed by atoms with Crippen molar-refractivity contribution < 1.29 is 4.79 Å². The molecule has 3 nitrogen and oxygen atoms in total. The highest BCUT2D eigenvalue weighted by molar-refractivity contribution is 6.33. The van der Waals surface area contributed by atoms with Crippen LogP contribution in [0.1, 0.15) is 17.4 Å². The molecule has 1 heterocycles. The number of aromatic nitrogens is 2. The zero-order chi connectivity index (χ0) is 7.72. The second kappa shape index (κ2) is 2.42. The first-order chi connectivity index (χ1) is 4.63. The number of rotatable bonds is 1. The van der Waals surface area contributed by atoms with Crippen LogP contribution in [0, 0.1) is 0 Å². The minimum atomic E-state index is -0.0648. The van der Waals surface area contributed by atoms with Gasteiger partial charge in [0.15, 0.2) is 5.78 Å². The molecule has 0 aromatic carbocycles. The Labute approximate surface area is 63.6 Å². The fraction of sp³-hybridized carbons (Fsp3) is 0.333. The summed E-state index contributed by atoms with van der Waals surface area (Å²) in [4.78, 5) is 10.8. The van der Waals surface area contributed by atoms with E-state index in [4.69, 9.17) is 11.6 Å². The van der Waals surface area contributed by atoms with Crippen molar-refractivity contribution in [1.82, 2.24) is 9.78 Å². The van der Waals surface area contributed by atoms with Crippen LogP contribution < -0.4 is 0 Å². The fourth-order valence-electron chi connectivity index (χ4n) is 0.807. The lowest BCUT2D eigenvalue weighted by molar-refractivity contribution is 0.100. The molecule has 4 heteroatoms. The third-order valence-electron chi connectivity index (χ3n) is 1.23. The maximum absolute atomic E-state index is 10.8. The summed E-state index contributed by atoms with van der Waals surface area (Å²) in [7, 11) is 1.68. The average molecular weight is 159 g/mol. The molecule has 0 aliphatic heterocycles. The van der Waals surface area contributed by atoms with Crippen molar-refractivity contribution in [3.8, 4) is 0 Å². The lowest BCUT2D eigenvalue weighted by Crippen LogP contribution is -2.02. The molecule has 0 atom stereocenters. The van der Waals surface area contributed by atoms with Crippen LogP contribution in [0.4, 0.5) is 0 Å². The van der Waals surface area contributed by atoms with Gasteiger partial charge in [-0.25, -0.2) is 0 Å². The summed E-state index contributed by atoms with van der Waals surface area (Å²) in [5.41, 5.74) is 0.460. The lowest BCUT2D eigenvalue weighted by Gasteiger charge is -1.94. The van der Waals surface area contributed by atoms with Gasteiger partial charge in [0, 0.05) is 14.0 Å². The number of halogens is 1. The molecular formula is C6H7ClN2O. The van der Waals surface area contributed by atoms with Crippen molar-refractivity contribution in [2.75, 3.05) is 0 Å². The first-order valence-corrected chi connectivity index (χ1v) is 3.19. The predicted molar refractivity (Wildman–Crippen MR) is 38.2 cm³/mol. The number of carbonyl (C=O) groups excluding carboxylic acids is 1. The molecular weight excluding hydrogens is 152 g/mol. The molecule has 0 radical (unpaired) electrons. The van der Waals surface area contributed by atoms with Crippen molar-refractivity contribution in [1.29, 1.82) is 0 Å². The topological polar surface area (TPSA) is 34.9 Å². The summed E-state index contributed by atoms with van der Waals surface area (Å²) in [6.07, 6.45) is 1.46. The molecule has 10 heavy (non-hydrogen) atoms. The molecule has 0 spiro atoms. The smallest absolute Gasteiger partial charge is 0.179 e. The Morgan fingerprint density at radius 3 is 2.60 bits per heavy atom. The number of Topliss-reactive ketones (excluding diaryl/α,β-unsaturated/α-hetero) is 1. The zero-order valence-electron chi connectivity index (χ0n) is 5.76. The summed E-state index contributed by atoms with van der Waals surface area (Å²) >= 11 is 5.64. The van der Waals surface area contributed by atoms with E-state index < -0.39 is 0 Å². The molecule has 0 amide bonds. The van der Waals surface area contributed by atoms with Gasteiger partial charge in [0.05, 0.1) is 11.2 Å².